The van der Waals surface area contributed by atoms with Crippen LogP contribution in [0.5, 0.6) is 5.75 Å². The number of carbonyl (C=O) groups excluding carboxylic acids is 5. The van der Waals surface area contributed by atoms with Crippen molar-refractivity contribution in [3.8, 4) is 5.75 Å². The SMILES string of the molecule is COCc1ncnc(C)c1C(=O)OCC(=O)[C@H](C[C@@H]1CCNC1=O)NC(=O)[C@H](CC(C)C)NC(=O)c1cc2c(OC)cccc2[nH]1. The summed E-state index contributed by atoms with van der Waals surface area (Å²) in [5.41, 5.74) is 1.67. The van der Waals surface area contributed by atoms with Gasteiger partial charge in [0.1, 0.15) is 29.4 Å². The van der Waals surface area contributed by atoms with Gasteiger partial charge in [-0.15, -0.1) is 0 Å². The van der Waals surface area contributed by atoms with E-state index in [1.54, 1.807) is 31.2 Å². The molecule has 3 amide bonds. The second-order valence-electron chi connectivity index (χ2n) is 11.6. The predicted molar refractivity (Wildman–Crippen MR) is 166 cm³/mol. The Hall–Kier alpha value is -4.85. The van der Waals surface area contributed by atoms with E-state index >= 15 is 0 Å². The molecule has 3 atom stereocenters. The monoisotopic (exact) mass is 636 g/mol. The van der Waals surface area contributed by atoms with Crippen LogP contribution in [-0.4, -0.2) is 83.9 Å². The normalized spacial score (nSPS) is 15.7. The standard InChI is InChI=1S/C32H40N6O8/c1-17(2)11-23(38-31(42)24-13-20-21(36-24)7-6-8-27(20)45-5)30(41)37-22(12-19-9-10-33-29(19)40)26(39)15-46-32(43)28-18(3)34-16-35-25(28)14-44-4/h6-8,13,16-17,19,22-23,36H,9-12,14-15H2,1-5H3,(H,33,40)(H,37,41)(H,38,42)/t19-,22-,23-/m0/s1. The number of H-pyrrole nitrogens is 1. The van der Waals surface area contributed by atoms with Gasteiger partial charge in [-0.2, -0.15) is 0 Å². The fourth-order valence-electron chi connectivity index (χ4n) is 5.41. The first-order valence-electron chi connectivity index (χ1n) is 15.1. The van der Waals surface area contributed by atoms with Gasteiger partial charge in [-0.25, -0.2) is 14.8 Å². The number of nitrogens with one attached hydrogen (secondary N) is 4. The number of benzene rings is 1. The number of nitrogens with zero attached hydrogens (tertiary/aromatic N) is 2. The van der Waals surface area contributed by atoms with E-state index in [1.165, 1.54) is 20.5 Å². The topological polar surface area (TPSA) is 191 Å². The molecule has 1 saturated heterocycles. The highest BCUT2D eigenvalue weighted by molar-refractivity contribution is 6.02. The Morgan fingerprint density at radius 3 is 2.54 bits per heavy atom. The average molecular weight is 637 g/mol. The van der Waals surface area contributed by atoms with Crippen LogP contribution in [0.1, 0.15) is 65.3 Å². The van der Waals surface area contributed by atoms with Gasteiger partial charge in [-0.1, -0.05) is 19.9 Å². The summed E-state index contributed by atoms with van der Waals surface area (Å²) in [4.78, 5) is 77.0. The molecule has 14 heteroatoms. The van der Waals surface area contributed by atoms with Gasteiger partial charge in [0.15, 0.2) is 12.4 Å². The molecule has 4 N–H and O–H groups in total. The molecule has 1 aromatic carbocycles. The van der Waals surface area contributed by atoms with E-state index in [0.29, 0.717) is 41.0 Å². The molecule has 0 unspecified atom stereocenters. The number of esters is 1. The molecule has 3 aromatic rings. The number of ketones is 1. The van der Waals surface area contributed by atoms with Gasteiger partial charge in [0, 0.05) is 30.5 Å². The number of fused-ring (bicyclic) bond motifs is 1. The molecule has 1 fully saturated rings. The fourth-order valence-corrected chi connectivity index (χ4v) is 5.41. The summed E-state index contributed by atoms with van der Waals surface area (Å²) in [7, 11) is 2.99. The molecule has 1 aliphatic rings. The molecule has 0 spiro atoms. The lowest BCUT2D eigenvalue weighted by Crippen LogP contribution is -2.53. The Bertz CT molecular complexity index is 1600. The van der Waals surface area contributed by atoms with Gasteiger partial charge in [-0.3, -0.25) is 19.2 Å². The summed E-state index contributed by atoms with van der Waals surface area (Å²) in [6.07, 6.45) is 2.05. The van der Waals surface area contributed by atoms with Crippen molar-refractivity contribution in [1.29, 1.82) is 0 Å². The molecule has 0 saturated carbocycles. The molecule has 46 heavy (non-hydrogen) atoms. The van der Waals surface area contributed by atoms with Crippen molar-refractivity contribution >= 4 is 40.4 Å². The third kappa shape index (κ3) is 8.24. The van der Waals surface area contributed by atoms with Crippen LogP contribution in [0.4, 0.5) is 0 Å². The Morgan fingerprint density at radius 1 is 1.09 bits per heavy atom. The maximum absolute atomic E-state index is 13.7. The van der Waals surface area contributed by atoms with E-state index in [2.05, 4.69) is 30.9 Å². The van der Waals surface area contributed by atoms with Crippen LogP contribution in [0.15, 0.2) is 30.6 Å². The van der Waals surface area contributed by atoms with E-state index in [1.807, 2.05) is 13.8 Å². The maximum Gasteiger partial charge on any atom is 0.342 e. The largest absolute Gasteiger partial charge is 0.496 e. The molecule has 0 aliphatic carbocycles. The third-order valence-electron chi connectivity index (χ3n) is 7.75. The molecular weight excluding hydrogens is 596 g/mol. The van der Waals surface area contributed by atoms with E-state index in [0.717, 1.165) is 0 Å². The maximum atomic E-state index is 13.7. The third-order valence-corrected chi connectivity index (χ3v) is 7.75. The van der Waals surface area contributed by atoms with E-state index in [-0.39, 0.29) is 42.5 Å². The van der Waals surface area contributed by atoms with Crippen LogP contribution in [0.2, 0.25) is 0 Å². The predicted octanol–water partition coefficient (Wildman–Crippen LogP) is 2.00. The van der Waals surface area contributed by atoms with Crippen molar-refractivity contribution in [3.05, 3.63) is 53.2 Å². The Balaban J connectivity index is 1.50. The van der Waals surface area contributed by atoms with Gasteiger partial charge in [0.25, 0.3) is 5.91 Å². The molecule has 0 radical (unpaired) electrons. The van der Waals surface area contributed by atoms with Crippen molar-refractivity contribution in [2.75, 3.05) is 27.4 Å². The number of ether oxygens (including phenoxy) is 3. The van der Waals surface area contributed by atoms with Crippen molar-refractivity contribution in [2.45, 2.75) is 58.7 Å². The van der Waals surface area contributed by atoms with Crippen molar-refractivity contribution in [3.63, 3.8) is 0 Å². The zero-order valence-corrected chi connectivity index (χ0v) is 26.6. The number of methoxy groups -OCH3 is 2. The summed E-state index contributed by atoms with van der Waals surface area (Å²) in [6.45, 7) is 5.22. The number of aromatic nitrogens is 3. The number of rotatable bonds is 15. The minimum atomic E-state index is -1.16. The molecule has 0 bridgehead atoms. The Morgan fingerprint density at radius 2 is 1.87 bits per heavy atom. The Kier molecular flexibility index (Phi) is 11.4. The smallest absolute Gasteiger partial charge is 0.342 e. The minimum Gasteiger partial charge on any atom is -0.496 e. The van der Waals surface area contributed by atoms with E-state index in [4.69, 9.17) is 14.2 Å². The van der Waals surface area contributed by atoms with Gasteiger partial charge in [-0.05, 0) is 50.3 Å². The average Bonchev–Trinajstić information content (AvgIpc) is 3.65. The number of amides is 3. The van der Waals surface area contributed by atoms with Crippen LogP contribution < -0.4 is 20.7 Å². The second kappa shape index (κ2) is 15.4. The van der Waals surface area contributed by atoms with Crippen LogP contribution in [0, 0.1) is 18.8 Å². The zero-order chi connectivity index (χ0) is 33.4. The van der Waals surface area contributed by atoms with Gasteiger partial charge in [0.05, 0.1) is 31.1 Å². The number of aryl methyl sites for hydroxylation is 1. The number of hydrogen-bond acceptors (Lipinski definition) is 10. The van der Waals surface area contributed by atoms with Crippen LogP contribution >= 0.6 is 0 Å². The van der Waals surface area contributed by atoms with Crippen molar-refractivity contribution < 1.29 is 38.2 Å². The number of carbonyl (C=O) groups is 5. The van der Waals surface area contributed by atoms with E-state index in [9.17, 15) is 24.0 Å². The molecule has 3 heterocycles. The summed E-state index contributed by atoms with van der Waals surface area (Å²) in [5, 5.41) is 8.95. The molecule has 1 aliphatic heterocycles. The zero-order valence-electron chi connectivity index (χ0n) is 26.6. The number of hydrogen-bond donors (Lipinski definition) is 4. The highest BCUT2D eigenvalue weighted by Gasteiger charge is 2.34. The lowest BCUT2D eigenvalue weighted by molar-refractivity contribution is -0.131. The lowest BCUT2D eigenvalue weighted by atomic mass is 9.95. The highest BCUT2D eigenvalue weighted by Crippen LogP contribution is 2.26. The lowest BCUT2D eigenvalue weighted by Gasteiger charge is -2.25. The van der Waals surface area contributed by atoms with Crippen LogP contribution in [0.25, 0.3) is 10.9 Å². The van der Waals surface area contributed by atoms with Crippen LogP contribution in [-0.2, 0) is 30.5 Å². The quantitative estimate of drug-likeness (QED) is 0.180. The summed E-state index contributed by atoms with van der Waals surface area (Å²) < 4.78 is 15.8. The summed E-state index contributed by atoms with van der Waals surface area (Å²) in [6, 6.07) is 4.85. The Labute approximate surface area is 266 Å². The molecular formula is C32H40N6O8. The molecule has 2 aromatic heterocycles. The van der Waals surface area contributed by atoms with Gasteiger partial charge >= 0.3 is 5.97 Å². The minimum absolute atomic E-state index is 0.000511. The first kappa shape index (κ1) is 34.0. The first-order chi connectivity index (χ1) is 22.0. The second-order valence-corrected chi connectivity index (χ2v) is 11.6. The number of aromatic amines is 1. The first-order valence-corrected chi connectivity index (χ1v) is 15.1. The highest BCUT2D eigenvalue weighted by atomic mass is 16.5. The molecule has 4 rings (SSSR count). The van der Waals surface area contributed by atoms with Gasteiger partial charge in [0.2, 0.25) is 11.8 Å². The van der Waals surface area contributed by atoms with Crippen LogP contribution in [0.3, 0.4) is 0 Å². The summed E-state index contributed by atoms with van der Waals surface area (Å²) >= 11 is 0. The molecule has 14 nitrogen and oxygen atoms in total. The molecule has 246 valence electrons. The van der Waals surface area contributed by atoms with E-state index < -0.39 is 48.2 Å². The van der Waals surface area contributed by atoms with Gasteiger partial charge < -0.3 is 35.1 Å². The number of Topliss-reactive ketones (excluding diaryl/α,β-unsaturated/α-hetero) is 1. The fraction of sp³-hybridized carbons (Fsp3) is 0.469. The summed E-state index contributed by atoms with van der Waals surface area (Å²) in [5.74, 6) is -2.70. The van der Waals surface area contributed by atoms with Crippen molar-refractivity contribution in [1.82, 2.24) is 30.9 Å². The van der Waals surface area contributed by atoms with Crippen molar-refractivity contribution in [2.24, 2.45) is 11.8 Å².